The predicted molar refractivity (Wildman–Crippen MR) is 75.7 cm³/mol. The number of anilines is 2. The number of aliphatic hydroxyl groups is 1. The standard InChI is InChI=1S/C14H19N3O/c1-2-8-17(9-10-18)13-6-7-16-14-11(13)4-3-5-12(14)15/h3-7,18H,2,8-10,15H2,1H3. The van der Waals surface area contributed by atoms with Crippen LogP contribution < -0.4 is 10.6 Å². The molecule has 0 fully saturated rings. The van der Waals surface area contributed by atoms with Crippen molar-refractivity contribution in [2.75, 3.05) is 30.3 Å². The molecule has 0 unspecified atom stereocenters. The fourth-order valence-electron chi connectivity index (χ4n) is 2.20. The minimum Gasteiger partial charge on any atom is -0.397 e. The molecule has 0 saturated carbocycles. The van der Waals surface area contributed by atoms with E-state index in [1.807, 2.05) is 24.3 Å². The van der Waals surface area contributed by atoms with Gasteiger partial charge in [-0.1, -0.05) is 19.1 Å². The van der Waals surface area contributed by atoms with Crippen molar-refractivity contribution < 1.29 is 5.11 Å². The van der Waals surface area contributed by atoms with E-state index in [1.165, 1.54) is 0 Å². The number of nitrogen functional groups attached to an aromatic ring is 1. The van der Waals surface area contributed by atoms with Crippen LogP contribution in [0.5, 0.6) is 0 Å². The van der Waals surface area contributed by atoms with E-state index in [0.29, 0.717) is 12.2 Å². The molecule has 1 aromatic heterocycles. The van der Waals surface area contributed by atoms with Crippen LogP contribution in [0.25, 0.3) is 10.9 Å². The van der Waals surface area contributed by atoms with Gasteiger partial charge in [0.1, 0.15) is 0 Å². The highest BCUT2D eigenvalue weighted by Gasteiger charge is 2.10. The summed E-state index contributed by atoms with van der Waals surface area (Å²) in [6.45, 7) is 3.81. The lowest BCUT2D eigenvalue weighted by molar-refractivity contribution is 0.302. The third-order valence-electron chi connectivity index (χ3n) is 2.98. The minimum absolute atomic E-state index is 0.145. The monoisotopic (exact) mass is 245 g/mol. The molecule has 18 heavy (non-hydrogen) atoms. The minimum atomic E-state index is 0.145. The topological polar surface area (TPSA) is 62.4 Å². The first-order valence-corrected chi connectivity index (χ1v) is 6.27. The van der Waals surface area contributed by atoms with E-state index in [1.54, 1.807) is 6.20 Å². The lowest BCUT2D eigenvalue weighted by atomic mass is 10.1. The molecule has 0 spiro atoms. The number of aliphatic hydroxyl groups excluding tert-OH is 1. The van der Waals surface area contributed by atoms with E-state index in [2.05, 4.69) is 16.8 Å². The number of fused-ring (bicyclic) bond motifs is 1. The summed E-state index contributed by atoms with van der Waals surface area (Å²) in [5.74, 6) is 0. The van der Waals surface area contributed by atoms with Crippen molar-refractivity contribution in [3.63, 3.8) is 0 Å². The number of aromatic nitrogens is 1. The molecular formula is C14H19N3O. The summed E-state index contributed by atoms with van der Waals surface area (Å²) >= 11 is 0. The third-order valence-corrected chi connectivity index (χ3v) is 2.98. The second-order valence-corrected chi connectivity index (χ2v) is 4.28. The van der Waals surface area contributed by atoms with Crippen LogP contribution in [0.15, 0.2) is 30.5 Å². The van der Waals surface area contributed by atoms with Gasteiger partial charge < -0.3 is 15.7 Å². The number of nitrogens with zero attached hydrogens (tertiary/aromatic N) is 2. The summed E-state index contributed by atoms with van der Waals surface area (Å²) < 4.78 is 0. The first kappa shape index (κ1) is 12.6. The SMILES string of the molecule is CCCN(CCO)c1ccnc2c(N)cccc12. The van der Waals surface area contributed by atoms with Crippen LogP contribution in [0.1, 0.15) is 13.3 Å². The fraction of sp³-hybridized carbons (Fsp3) is 0.357. The van der Waals surface area contributed by atoms with Gasteiger partial charge in [0.05, 0.1) is 17.8 Å². The van der Waals surface area contributed by atoms with Crippen LogP contribution in [0, 0.1) is 0 Å². The van der Waals surface area contributed by atoms with Gasteiger partial charge in [0.2, 0.25) is 0 Å². The number of pyridine rings is 1. The number of nitrogens with two attached hydrogens (primary N) is 1. The van der Waals surface area contributed by atoms with E-state index in [4.69, 9.17) is 10.8 Å². The molecule has 0 aliphatic rings. The number of para-hydroxylation sites is 1. The Labute approximate surface area is 107 Å². The molecule has 4 nitrogen and oxygen atoms in total. The van der Waals surface area contributed by atoms with Crippen molar-refractivity contribution in [3.8, 4) is 0 Å². The zero-order valence-electron chi connectivity index (χ0n) is 10.6. The lowest BCUT2D eigenvalue weighted by Crippen LogP contribution is -2.27. The summed E-state index contributed by atoms with van der Waals surface area (Å²) in [7, 11) is 0. The Balaban J connectivity index is 2.51. The van der Waals surface area contributed by atoms with Crippen molar-refractivity contribution in [1.82, 2.24) is 4.98 Å². The Morgan fingerprint density at radius 1 is 1.28 bits per heavy atom. The summed E-state index contributed by atoms with van der Waals surface area (Å²) in [6.07, 6.45) is 2.81. The highest BCUT2D eigenvalue weighted by atomic mass is 16.3. The van der Waals surface area contributed by atoms with Gasteiger partial charge >= 0.3 is 0 Å². The van der Waals surface area contributed by atoms with Crippen molar-refractivity contribution in [1.29, 1.82) is 0 Å². The first-order valence-electron chi connectivity index (χ1n) is 6.27. The smallest absolute Gasteiger partial charge is 0.0951 e. The van der Waals surface area contributed by atoms with Gasteiger partial charge in [-0.05, 0) is 18.6 Å². The van der Waals surface area contributed by atoms with Crippen molar-refractivity contribution in [2.45, 2.75) is 13.3 Å². The maximum atomic E-state index is 9.17. The molecule has 0 bridgehead atoms. The van der Waals surface area contributed by atoms with Gasteiger partial charge in [-0.25, -0.2) is 0 Å². The van der Waals surface area contributed by atoms with E-state index < -0.39 is 0 Å². The van der Waals surface area contributed by atoms with Gasteiger partial charge in [-0.15, -0.1) is 0 Å². The molecule has 1 heterocycles. The molecule has 2 aromatic rings. The van der Waals surface area contributed by atoms with Crippen molar-refractivity contribution >= 4 is 22.3 Å². The molecule has 4 heteroatoms. The first-order chi connectivity index (χ1) is 8.77. The van der Waals surface area contributed by atoms with Crippen molar-refractivity contribution in [2.24, 2.45) is 0 Å². The van der Waals surface area contributed by atoms with Crippen LogP contribution in [0.3, 0.4) is 0 Å². The molecule has 1 aromatic carbocycles. The zero-order valence-corrected chi connectivity index (χ0v) is 10.6. The molecule has 0 atom stereocenters. The summed E-state index contributed by atoms with van der Waals surface area (Å²) in [5, 5.41) is 10.2. The predicted octanol–water partition coefficient (Wildman–Crippen LogP) is 2.03. The summed E-state index contributed by atoms with van der Waals surface area (Å²) in [4.78, 5) is 6.50. The van der Waals surface area contributed by atoms with Crippen LogP contribution in [0.4, 0.5) is 11.4 Å². The summed E-state index contributed by atoms with van der Waals surface area (Å²) in [5.41, 5.74) is 8.55. The van der Waals surface area contributed by atoms with E-state index in [9.17, 15) is 0 Å². The maximum absolute atomic E-state index is 9.17. The lowest BCUT2D eigenvalue weighted by Gasteiger charge is -2.24. The van der Waals surface area contributed by atoms with Crippen LogP contribution >= 0.6 is 0 Å². The second kappa shape index (κ2) is 5.69. The average molecular weight is 245 g/mol. The highest BCUT2D eigenvalue weighted by Crippen LogP contribution is 2.28. The van der Waals surface area contributed by atoms with Crippen LogP contribution in [0.2, 0.25) is 0 Å². The molecule has 2 rings (SSSR count). The highest BCUT2D eigenvalue weighted by molar-refractivity contribution is 5.97. The van der Waals surface area contributed by atoms with Gasteiger partial charge in [-0.2, -0.15) is 0 Å². The number of hydrogen-bond acceptors (Lipinski definition) is 4. The Hall–Kier alpha value is -1.81. The quantitative estimate of drug-likeness (QED) is 0.791. The van der Waals surface area contributed by atoms with Gasteiger partial charge in [0.15, 0.2) is 0 Å². The molecule has 0 aliphatic carbocycles. The largest absolute Gasteiger partial charge is 0.397 e. The normalized spacial score (nSPS) is 10.8. The van der Waals surface area contributed by atoms with Crippen molar-refractivity contribution in [3.05, 3.63) is 30.5 Å². The second-order valence-electron chi connectivity index (χ2n) is 4.28. The third kappa shape index (κ3) is 2.38. The van der Waals surface area contributed by atoms with E-state index >= 15 is 0 Å². The van der Waals surface area contributed by atoms with Gasteiger partial charge in [0, 0.05) is 30.4 Å². The molecular weight excluding hydrogens is 226 g/mol. The van der Waals surface area contributed by atoms with Gasteiger partial charge in [-0.3, -0.25) is 4.98 Å². The maximum Gasteiger partial charge on any atom is 0.0951 e. The number of hydrogen-bond donors (Lipinski definition) is 2. The molecule has 0 amide bonds. The van der Waals surface area contributed by atoms with Crippen LogP contribution in [-0.2, 0) is 0 Å². The Bertz CT molecular complexity index is 521. The van der Waals surface area contributed by atoms with Gasteiger partial charge in [0.25, 0.3) is 0 Å². The van der Waals surface area contributed by atoms with E-state index in [-0.39, 0.29) is 6.61 Å². The Kier molecular flexibility index (Phi) is 3.99. The Morgan fingerprint density at radius 3 is 2.83 bits per heavy atom. The Morgan fingerprint density at radius 2 is 2.11 bits per heavy atom. The molecule has 0 saturated heterocycles. The van der Waals surface area contributed by atoms with Crippen LogP contribution in [-0.4, -0.2) is 29.8 Å². The fourth-order valence-corrected chi connectivity index (χ4v) is 2.20. The van der Waals surface area contributed by atoms with E-state index in [0.717, 1.165) is 29.6 Å². The molecule has 3 N–H and O–H groups in total. The number of rotatable bonds is 5. The summed E-state index contributed by atoms with van der Waals surface area (Å²) in [6, 6.07) is 7.79. The molecule has 0 aliphatic heterocycles. The molecule has 96 valence electrons. The molecule has 0 radical (unpaired) electrons. The average Bonchev–Trinajstić information content (AvgIpc) is 2.38. The zero-order chi connectivity index (χ0) is 13.0. The number of benzene rings is 1.